The van der Waals surface area contributed by atoms with Crippen LogP contribution in [0.25, 0.3) is 0 Å². The molecule has 13 heteroatoms. The van der Waals surface area contributed by atoms with E-state index < -0.39 is 47.0 Å². The number of carbonyl (C=O) groups is 3. The fourth-order valence-electron chi connectivity index (χ4n) is 6.72. The topological polar surface area (TPSA) is 119 Å². The van der Waals surface area contributed by atoms with Crippen LogP contribution in [0.1, 0.15) is 55.7 Å². The van der Waals surface area contributed by atoms with Crippen molar-refractivity contribution >= 4 is 51.8 Å². The number of anilines is 2. The van der Waals surface area contributed by atoms with Gasteiger partial charge in [-0.15, -0.1) is 0 Å². The fraction of sp³-hybridized carbons (Fsp3) is 0.355. The Balaban J connectivity index is 1.39. The molecule has 1 saturated heterocycles. The SMILES string of the molecule is N#Cc1ccnc(N2C(=O)CC[C@H]2C(=O)N(c2cncc(F)c2)[C@H](C(=O)NC2CC3(C2)CC(F)(F)C3)c2ccccc2I)c1. The number of nitrogens with one attached hydrogen (secondary N) is 1. The van der Waals surface area contributed by atoms with Gasteiger partial charge in [0.15, 0.2) is 0 Å². The number of hydrogen-bond donors (Lipinski definition) is 1. The molecule has 2 aliphatic carbocycles. The predicted molar refractivity (Wildman–Crippen MR) is 161 cm³/mol. The molecule has 0 radical (unpaired) electrons. The van der Waals surface area contributed by atoms with Gasteiger partial charge in [0.2, 0.25) is 17.7 Å². The van der Waals surface area contributed by atoms with Crippen LogP contribution in [0.5, 0.6) is 0 Å². The largest absolute Gasteiger partial charge is 0.351 e. The van der Waals surface area contributed by atoms with Crippen molar-refractivity contribution in [1.29, 1.82) is 5.26 Å². The number of nitriles is 1. The normalized spacial score (nSPS) is 20.8. The summed E-state index contributed by atoms with van der Waals surface area (Å²) in [7, 11) is 0. The number of halogens is 4. The van der Waals surface area contributed by atoms with E-state index in [1.807, 2.05) is 28.7 Å². The zero-order valence-electron chi connectivity index (χ0n) is 23.2. The Morgan fingerprint density at radius 3 is 2.59 bits per heavy atom. The molecule has 3 amide bonds. The molecule has 3 fully saturated rings. The van der Waals surface area contributed by atoms with Crippen LogP contribution in [0, 0.1) is 26.1 Å². The molecule has 3 heterocycles. The Hall–Kier alpha value is -4.06. The Bertz CT molecular complexity index is 1680. The van der Waals surface area contributed by atoms with E-state index in [1.165, 1.54) is 29.4 Å². The van der Waals surface area contributed by atoms with E-state index in [0.29, 0.717) is 22.0 Å². The number of hydrogen-bond acceptors (Lipinski definition) is 6. The highest BCUT2D eigenvalue weighted by Crippen LogP contribution is 2.62. The monoisotopic (exact) mass is 714 g/mol. The maximum Gasteiger partial charge on any atom is 0.251 e. The van der Waals surface area contributed by atoms with Crippen molar-refractivity contribution in [2.75, 3.05) is 9.80 Å². The van der Waals surface area contributed by atoms with Crippen LogP contribution >= 0.6 is 22.6 Å². The molecule has 226 valence electrons. The number of aromatic nitrogens is 2. The number of alkyl halides is 2. The van der Waals surface area contributed by atoms with Crippen LogP contribution in [0.15, 0.2) is 61.1 Å². The number of benzene rings is 1. The van der Waals surface area contributed by atoms with Gasteiger partial charge in [0.25, 0.3) is 5.91 Å². The second kappa shape index (κ2) is 11.5. The van der Waals surface area contributed by atoms with E-state index in [1.54, 1.807) is 24.3 Å². The minimum absolute atomic E-state index is 0.00319. The molecule has 2 atom stereocenters. The lowest BCUT2D eigenvalue weighted by atomic mass is 9.52. The van der Waals surface area contributed by atoms with E-state index in [0.717, 1.165) is 17.2 Å². The number of nitrogens with zero attached hydrogens (tertiary/aromatic N) is 5. The third kappa shape index (κ3) is 5.62. The summed E-state index contributed by atoms with van der Waals surface area (Å²) in [4.78, 5) is 52.4. The Morgan fingerprint density at radius 2 is 1.91 bits per heavy atom. The van der Waals surface area contributed by atoms with Gasteiger partial charge in [-0.25, -0.2) is 18.2 Å². The van der Waals surface area contributed by atoms with Gasteiger partial charge in [-0.1, -0.05) is 18.2 Å². The van der Waals surface area contributed by atoms with E-state index >= 15 is 0 Å². The minimum atomic E-state index is -2.68. The second-order valence-corrected chi connectivity index (χ2v) is 12.8. The maximum atomic E-state index is 14.6. The van der Waals surface area contributed by atoms with Crippen molar-refractivity contribution in [3.8, 4) is 6.07 Å². The quantitative estimate of drug-likeness (QED) is 0.342. The zero-order valence-corrected chi connectivity index (χ0v) is 25.4. The number of pyridine rings is 2. The molecule has 0 unspecified atom stereocenters. The van der Waals surface area contributed by atoms with Crippen molar-refractivity contribution in [2.45, 2.75) is 62.6 Å². The first kappa shape index (κ1) is 30.0. The van der Waals surface area contributed by atoms with E-state index in [-0.39, 0.29) is 48.8 Å². The summed E-state index contributed by atoms with van der Waals surface area (Å²) in [6, 6.07) is 10.1. The highest BCUT2D eigenvalue weighted by molar-refractivity contribution is 14.1. The highest BCUT2D eigenvalue weighted by Gasteiger charge is 2.62. The lowest BCUT2D eigenvalue weighted by Crippen LogP contribution is -2.61. The molecule has 2 saturated carbocycles. The van der Waals surface area contributed by atoms with Crippen molar-refractivity contribution in [1.82, 2.24) is 15.3 Å². The minimum Gasteiger partial charge on any atom is -0.351 e. The Labute approximate surface area is 264 Å². The third-order valence-corrected chi connectivity index (χ3v) is 9.49. The molecule has 3 aromatic rings. The van der Waals surface area contributed by atoms with Gasteiger partial charge in [0, 0.05) is 41.1 Å². The number of carbonyl (C=O) groups excluding carboxylic acids is 3. The summed E-state index contributed by atoms with van der Waals surface area (Å²) in [5.41, 5.74) is 0.200. The standard InChI is InChI=1S/C31H26F3IN6O3/c32-19-10-21(15-37-14-19)40(29(44)24-5-6-26(42)41(24)25-9-18(13-36)7-8-38-25)27(22-3-1-2-4-23(22)35)28(43)39-20-11-30(12-20)16-31(33,34)17-30/h1-4,7-10,14-15,20,24,27H,5-6,11-12,16-17H2,(H,39,43)/t24-,27-/m0/s1. The van der Waals surface area contributed by atoms with Gasteiger partial charge in [0.05, 0.1) is 29.7 Å². The van der Waals surface area contributed by atoms with Gasteiger partial charge >= 0.3 is 0 Å². The van der Waals surface area contributed by atoms with Crippen molar-refractivity contribution < 1.29 is 27.6 Å². The lowest BCUT2D eigenvalue weighted by Gasteiger charge is -2.57. The maximum absolute atomic E-state index is 14.6. The van der Waals surface area contributed by atoms with Crippen LogP contribution < -0.4 is 15.1 Å². The van der Waals surface area contributed by atoms with Gasteiger partial charge in [-0.3, -0.25) is 29.2 Å². The molecular weight excluding hydrogens is 688 g/mol. The first-order valence-corrected chi connectivity index (χ1v) is 15.1. The molecule has 6 rings (SSSR count). The van der Waals surface area contributed by atoms with Gasteiger partial charge < -0.3 is 5.32 Å². The Morgan fingerprint density at radius 1 is 1.16 bits per heavy atom. The molecule has 2 aromatic heterocycles. The third-order valence-electron chi connectivity index (χ3n) is 8.50. The highest BCUT2D eigenvalue weighted by atomic mass is 127. The molecule has 0 bridgehead atoms. The molecule has 44 heavy (non-hydrogen) atoms. The Kier molecular flexibility index (Phi) is 7.81. The van der Waals surface area contributed by atoms with Gasteiger partial charge in [-0.2, -0.15) is 5.26 Å². The summed E-state index contributed by atoms with van der Waals surface area (Å²) < 4.78 is 42.5. The van der Waals surface area contributed by atoms with Crippen molar-refractivity contribution in [2.24, 2.45) is 5.41 Å². The lowest BCUT2D eigenvalue weighted by molar-refractivity contribution is -0.198. The molecule has 3 aliphatic rings. The van der Waals surface area contributed by atoms with E-state index in [2.05, 4.69) is 15.3 Å². The number of amides is 3. The molecule has 1 N–H and O–H groups in total. The van der Waals surface area contributed by atoms with Gasteiger partial charge in [0.1, 0.15) is 23.7 Å². The van der Waals surface area contributed by atoms with E-state index in [4.69, 9.17) is 0 Å². The summed E-state index contributed by atoms with van der Waals surface area (Å²) in [5, 5.41) is 12.3. The van der Waals surface area contributed by atoms with Crippen molar-refractivity contribution in [3.05, 3.63) is 81.6 Å². The fourth-order valence-corrected chi connectivity index (χ4v) is 7.40. The summed E-state index contributed by atoms with van der Waals surface area (Å²) in [6.45, 7) is 0. The second-order valence-electron chi connectivity index (χ2n) is 11.6. The molecular formula is C31H26F3IN6O3. The average molecular weight is 714 g/mol. The predicted octanol–water partition coefficient (Wildman–Crippen LogP) is 5.06. The summed E-state index contributed by atoms with van der Waals surface area (Å²) in [6.07, 6.45) is 4.08. The van der Waals surface area contributed by atoms with E-state index in [9.17, 15) is 32.8 Å². The first-order chi connectivity index (χ1) is 21.0. The van der Waals surface area contributed by atoms with Crippen LogP contribution in [0.4, 0.5) is 24.7 Å². The van der Waals surface area contributed by atoms with Crippen LogP contribution in [0.2, 0.25) is 0 Å². The van der Waals surface area contributed by atoms with Gasteiger partial charge in [-0.05, 0) is 71.0 Å². The van der Waals surface area contributed by atoms with Crippen LogP contribution in [0.3, 0.4) is 0 Å². The smallest absolute Gasteiger partial charge is 0.251 e. The zero-order chi connectivity index (χ0) is 31.2. The summed E-state index contributed by atoms with van der Waals surface area (Å²) >= 11 is 2.05. The molecule has 9 nitrogen and oxygen atoms in total. The first-order valence-electron chi connectivity index (χ1n) is 14.0. The van der Waals surface area contributed by atoms with Crippen LogP contribution in [-0.4, -0.2) is 45.7 Å². The molecule has 1 aromatic carbocycles. The molecule has 1 spiro atoms. The summed E-state index contributed by atoms with van der Waals surface area (Å²) in [5.74, 6) is -4.95. The van der Waals surface area contributed by atoms with Crippen LogP contribution in [-0.2, 0) is 14.4 Å². The average Bonchev–Trinajstić information content (AvgIpc) is 3.35. The number of rotatable bonds is 7. The van der Waals surface area contributed by atoms with Crippen molar-refractivity contribution in [3.63, 3.8) is 0 Å². The molecule has 1 aliphatic heterocycles.